The van der Waals surface area contributed by atoms with Crippen molar-refractivity contribution in [2.75, 3.05) is 0 Å². The number of amides is 1. The van der Waals surface area contributed by atoms with Gasteiger partial charge in [0.15, 0.2) is 6.04 Å². The van der Waals surface area contributed by atoms with Crippen LogP contribution in [0.4, 0.5) is 0 Å². The smallest absolute Gasteiger partial charge is 0.328 e. The minimum Gasteiger partial charge on any atom is -0.506 e. The molecule has 0 aliphatic rings. The van der Waals surface area contributed by atoms with Crippen LogP contribution in [-0.4, -0.2) is 37.5 Å². The predicted molar refractivity (Wildman–Crippen MR) is 97.0 cm³/mol. The van der Waals surface area contributed by atoms with Crippen LogP contribution in [-0.2, 0) is 11.2 Å². The number of carboxylic acid groups (broad SMARTS) is 1. The fourth-order valence-corrected chi connectivity index (χ4v) is 2.93. The molecule has 0 saturated carbocycles. The number of rotatable bonds is 5. The maximum atomic E-state index is 12.8. The molecule has 0 aliphatic heterocycles. The van der Waals surface area contributed by atoms with Crippen LogP contribution in [0.25, 0.3) is 10.8 Å². The molecule has 3 rings (SSSR count). The molecule has 1 aromatic heterocycles. The number of carbonyl (C=O) groups is 2. The number of carboxylic acids is 1. The second-order valence-electron chi connectivity index (χ2n) is 5.70. The summed E-state index contributed by atoms with van der Waals surface area (Å²) in [5, 5.41) is 20.2. The van der Waals surface area contributed by atoms with Crippen LogP contribution in [0.5, 0.6) is 5.75 Å². The summed E-state index contributed by atoms with van der Waals surface area (Å²) in [7, 11) is 0. The Morgan fingerprint density at radius 3 is 2.31 bits per heavy atom. The molecule has 0 spiro atoms. The van der Waals surface area contributed by atoms with Gasteiger partial charge in [-0.2, -0.15) is 0 Å². The van der Waals surface area contributed by atoms with Gasteiger partial charge < -0.3 is 10.2 Å². The van der Waals surface area contributed by atoms with Gasteiger partial charge >= 0.3 is 5.97 Å². The Hall–Kier alpha value is -3.12. The molecule has 1 amide bonds. The molecular formula is C19H15ClN2O4. The summed E-state index contributed by atoms with van der Waals surface area (Å²) in [6.45, 7) is 0. The van der Waals surface area contributed by atoms with E-state index < -0.39 is 17.9 Å². The number of carbonyl (C=O) groups excluding carboxylic acids is 1. The molecule has 0 radical (unpaired) electrons. The Balaban J connectivity index is 1.95. The van der Waals surface area contributed by atoms with E-state index in [2.05, 4.69) is 4.98 Å². The van der Waals surface area contributed by atoms with Crippen molar-refractivity contribution in [2.24, 2.45) is 0 Å². The van der Waals surface area contributed by atoms with E-state index in [1.54, 1.807) is 48.5 Å². The zero-order chi connectivity index (χ0) is 18.7. The zero-order valence-electron chi connectivity index (χ0n) is 13.5. The highest BCUT2D eigenvalue weighted by atomic mass is 35.5. The van der Waals surface area contributed by atoms with Gasteiger partial charge in [0, 0.05) is 29.0 Å². The maximum Gasteiger partial charge on any atom is 0.328 e. The van der Waals surface area contributed by atoms with Crippen molar-refractivity contribution in [1.82, 2.24) is 9.40 Å². The highest BCUT2D eigenvalue weighted by molar-refractivity contribution is 6.26. The zero-order valence-corrected chi connectivity index (χ0v) is 14.3. The quantitative estimate of drug-likeness (QED) is 0.673. The molecular weight excluding hydrogens is 356 g/mol. The van der Waals surface area contributed by atoms with Crippen molar-refractivity contribution < 1.29 is 19.8 Å². The van der Waals surface area contributed by atoms with E-state index in [9.17, 15) is 19.8 Å². The fourth-order valence-electron chi connectivity index (χ4n) is 2.69. The van der Waals surface area contributed by atoms with Crippen molar-refractivity contribution >= 4 is 34.4 Å². The van der Waals surface area contributed by atoms with Gasteiger partial charge in [-0.15, -0.1) is 0 Å². The molecule has 0 unspecified atom stereocenters. The third-order valence-corrected chi connectivity index (χ3v) is 4.39. The molecule has 7 heteroatoms. The van der Waals surface area contributed by atoms with Gasteiger partial charge in [-0.3, -0.25) is 4.79 Å². The van der Waals surface area contributed by atoms with Crippen molar-refractivity contribution in [3.8, 4) is 5.75 Å². The van der Waals surface area contributed by atoms with Gasteiger partial charge in [0.1, 0.15) is 11.4 Å². The largest absolute Gasteiger partial charge is 0.506 e. The summed E-state index contributed by atoms with van der Waals surface area (Å²) in [4.78, 5) is 28.4. The van der Waals surface area contributed by atoms with Crippen LogP contribution in [0, 0.1) is 0 Å². The summed E-state index contributed by atoms with van der Waals surface area (Å²) in [6, 6.07) is 14.3. The summed E-state index contributed by atoms with van der Waals surface area (Å²) in [5.74, 6) is -2.04. The number of pyridine rings is 1. The number of hydrogen-bond donors (Lipinski definition) is 2. The van der Waals surface area contributed by atoms with Crippen LogP contribution in [0.2, 0.25) is 0 Å². The lowest BCUT2D eigenvalue weighted by Gasteiger charge is -2.22. The van der Waals surface area contributed by atoms with Crippen LogP contribution in [0.3, 0.4) is 0 Å². The van der Waals surface area contributed by atoms with Gasteiger partial charge in [-0.1, -0.05) is 54.6 Å². The van der Waals surface area contributed by atoms with Crippen molar-refractivity contribution in [1.29, 1.82) is 0 Å². The number of aromatic hydroxyl groups is 1. The first-order chi connectivity index (χ1) is 12.5. The normalized spacial score (nSPS) is 11.9. The van der Waals surface area contributed by atoms with E-state index >= 15 is 0 Å². The number of benzene rings is 2. The summed E-state index contributed by atoms with van der Waals surface area (Å²) in [5.41, 5.74) is 0.717. The van der Waals surface area contributed by atoms with Crippen LogP contribution in [0.15, 0.2) is 60.8 Å². The first kappa shape index (κ1) is 17.7. The maximum absolute atomic E-state index is 12.8. The lowest BCUT2D eigenvalue weighted by atomic mass is 10.0. The molecule has 0 aliphatic carbocycles. The minimum absolute atomic E-state index is 0.0206. The Labute approximate surface area is 154 Å². The SMILES string of the molecule is O=C(O)[C@H](Cc1ccccc1)N(Cl)C(=O)c1ncc(O)c2ccccc12. The number of aliphatic carboxylic acids is 1. The van der Waals surface area contributed by atoms with E-state index in [0.717, 1.165) is 11.8 Å². The standard InChI is InChI=1S/C19H15ClN2O4/c20-22(15(19(25)26)10-12-6-2-1-3-7-12)18(24)17-14-9-5-4-8-13(14)16(23)11-21-17/h1-9,11,15,23H,10H2,(H,25,26)/t15-/m0/s1. The lowest BCUT2D eigenvalue weighted by molar-refractivity contribution is -0.140. The van der Waals surface area contributed by atoms with Crippen molar-refractivity contribution in [2.45, 2.75) is 12.5 Å². The van der Waals surface area contributed by atoms with Gasteiger partial charge in [-0.25, -0.2) is 14.2 Å². The highest BCUT2D eigenvalue weighted by Crippen LogP contribution is 2.27. The molecule has 132 valence electrons. The number of halogens is 1. The molecule has 26 heavy (non-hydrogen) atoms. The fraction of sp³-hybridized carbons (Fsp3) is 0.105. The average molecular weight is 371 g/mol. The van der Waals surface area contributed by atoms with Gasteiger partial charge in [0.25, 0.3) is 5.91 Å². The molecule has 0 saturated heterocycles. The van der Waals surface area contributed by atoms with Crippen molar-refractivity contribution in [3.05, 3.63) is 72.1 Å². The summed E-state index contributed by atoms with van der Waals surface area (Å²) in [6.07, 6.45) is 1.20. The molecule has 0 bridgehead atoms. The number of hydrogen-bond acceptors (Lipinski definition) is 4. The number of fused-ring (bicyclic) bond motifs is 1. The molecule has 1 atom stereocenters. The highest BCUT2D eigenvalue weighted by Gasteiger charge is 2.31. The molecule has 2 aromatic carbocycles. The average Bonchev–Trinajstić information content (AvgIpc) is 2.66. The predicted octanol–water partition coefficient (Wildman–Crippen LogP) is 3.23. The van der Waals surface area contributed by atoms with E-state index in [4.69, 9.17) is 11.8 Å². The molecule has 0 fully saturated rings. The molecule has 3 aromatic rings. The molecule has 1 heterocycles. The van der Waals surface area contributed by atoms with Crippen LogP contribution >= 0.6 is 11.8 Å². The van der Waals surface area contributed by atoms with Gasteiger partial charge in [0.05, 0.1) is 6.20 Å². The summed E-state index contributed by atoms with van der Waals surface area (Å²) >= 11 is 6.12. The lowest BCUT2D eigenvalue weighted by Crippen LogP contribution is -2.40. The first-order valence-corrected chi connectivity index (χ1v) is 8.15. The Morgan fingerprint density at radius 2 is 1.65 bits per heavy atom. The molecule has 2 N–H and O–H groups in total. The second-order valence-corrected chi connectivity index (χ2v) is 6.06. The third kappa shape index (κ3) is 3.45. The van der Waals surface area contributed by atoms with Crippen LogP contribution in [0.1, 0.15) is 16.1 Å². The van der Waals surface area contributed by atoms with Gasteiger partial charge in [0.2, 0.25) is 0 Å². The van der Waals surface area contributed by atoms with Gasteiger partial charge in [-0.05, 0) is 5.56 Å². The molecule has 6 nitrogen and oxygen atoms in total. The topological polar surface area (TPSA) is 90.7 Å². The third-order valence-electron chi connectivity index (χ3n) is 4.00. The number of aromatic nitrogens is 1. The van der Waals surface area contributed by atoms with E-state index in [-0.39, 0.29) is 17.9 Å². The Morgan fingerprint density at radius 1 is 1.04 bits per heavy atom. The van der Waals surface area contributed by atoms with E-state index in [1.807, 2.05) is 6.07 Å². The second kappa shape index (κ2) is 7.41. The van der Waals surface area contributed by atoms with E-state index in [0.29, 0.717) is 15.2 Å². The Bertz CT molecular complexity index is 962. The number of nitrogens with zero attached hydrogens (tertiary/aromatic N) is 2. The first-order valence-electron chi connectivity index (χ1n) is 7.82. The van der Waals surface area contributed by atoms with Crippen LogP contribution < -0.4 is 0 Å². The monoisotopic (exact) mass is 370 g/mol. The minimum atomic E-state index is -1.26. The Kier molecular flexibility index (Phi) is 5.04. The van der Waals surface area contributed by atoms with Crippen molar-refractivity contribution in [3.63, 3.8) is 0 Å². The summed E-state index contributed by atoms with van der Waals surface area (Å²) < 4.78 is 0.654. The van der Waals surface area contributed by atoms with E-state index in [1.165, 1.54) is 0 Å².